The van der Waals surface area contributed by atoms with Crippen LogP contribution in [-0.4, -0.2) is 49.7 Å². The first-order valence-electron chi connectivity index (χ1n) is 6.86. The van der Waals surface area contributed by atoms with Crippen molar-refractivity contribution in [1.82, 2.24) is 4.90 Å². The van der Waals surface area contributed by atoms with E-state index in [4.69, 9.17) is 15.2 Å². The first kappa shape index (κ1) is 15.5. The summed E-state index contributed by atoms with van der Waals surface area (Å²) in [6, 6.07) is 7.21. The molecule has 1 aromatic carbocycles. The SMILES string of the molecule is COC(=O)Cc1ccccc1CN1CCOCC1C(N)=O. The van der Waals surface area contributed by atoms with Crippen LogP contribution in [0.25, 0.3) is 0 Å². The van der Waals surface area contributed by atoms with Gasteiger partial charge in [-0.05, 0) is 11.1 Å². The highest BCUT2D eigenvalue weighted by Crippen LogP contribution is 2.16. The molecule has 1 heterocycles. The van der Waals surface area contributed by atoms with E-state index in [9.17, 15) is 9.59 Å². The molecule has 1 aliphatic heterocycles. The summed E-state index contributed by atoms with van der Waals surface area (Å²) in [6.07, 6.45) is 0.220. The maximum atomic E-state index is 11.5. The summed E-state index contributed by atoms with van der Waals surface area (Å²) in [7, 11) is 1.37. The van der Waals surface area contributed by atoms with Crippen molar-refractivity contribution in [1.29, 1.82) is 0 Å². The molecule has 1 saturated heterocycles. The summed E-state index contributed by atoms with van der Waals surface area (Å²) in [6.45, 7) is 2.09. The summed E-state index contributed by atoms with van der Waals surface area (Å²) in [5.74, 6) is -0.670. The van der Waals surface area contributed by atoms with Crippen LogP contribution in [0.4, 0.5) is 0 Å². The van der Waals surface area contributed by atoms with Crippen LogP contribution in [0.15, 0.2) is 24.3 Å². The predicted molar refractivity (Wildman–Crippen MR) is 76.4 cm³/mol. The van der Waals surface area contributed by atoms with Gasteiger partial charge in [-0.3, -0.25) is 14.5 Å². The highest BCUT2D eigenvalue weighted by molar-refractivity contribution is 5.80. The lowest BCUT2D eigenvalue weighted by atomic mass is 10.0. The van der Waals surface area contributed by atoms with Gasteiger partial charge in [0.2, 0.25) is 5.91 Å². The Bertz CT molecular complexity index is 518. The number of rotatable bonds is 5. The number of nitrogens with two attached hydrogens (primary N) is 1. The molecule has 1 amide bonds. The van der Waals surface area contributed by atoms with Gasteiger partial charge in [-0.25, -0.2) is 0 Å². The molecule has 1 aliphatic rings. The van der Waals surface area contributed by atoms with Gasteiger partial charge in [0.25, 0.3) is 0 Å². The Labute approximate surface area is 123 Å². The van der Waals surface area contributed by atoms with E-state index in [2.05, 4.69) is 0 Å². The minimum absolute atomic E-state index is 0.220. The maximum absolute atomic E-state index is 11.5. The van der Waals surface area contributed by atoms with E-state index in [0.29, 0.717) is 26.3 Å². The van der Waals surface area contributed by atoms with Gasteiger partial charge < -0.3 is 15.2 Å². The third kappa shape index (κ3) is 4.03. The molecule has 1 aromatic rings. The quantitative estimate of drug-likeness (QED) is 0.778. The molecule has 2 N–H and O–H groups in total. The van der Waals surface area contributed by atoms with Gasteiger partial charge in [-0.15, -0.1) is 0 Å². The molecular formula is C15H20N2O4. The zero-order chi connectivity index (χ0) is 15.2. The zero-order valence-corrected chi connectivity index (χ0v) is 12.1. The molecule has 0 spiro atoms. The second-order valence-electron chi connectivity index (χ2n) is 4.99. The fourth-order valence-electron chi connectivity index (χ4n) is 2.42. The van der Waals surface area contributed by atoms with E-state index in [-0.39, 0.29) is 18.3 Å². The molecule has 0 aliphatic carbocycles. The topological polar surface area (TPSA) is 81.9 Å². The largest absolute Gasteiger partial charge is 0.469 e. The summed E-state index contributed by atoms with van der Waals surface area (Å²) in [5.41, 5.74) is 7.32. The maximum Gasteiger partial charge on any atom is 0.309 e. The van der Waals surface area contributed by atoms with Crippen molar-refractivity contribution in [3.8, 4) is 0 Å². The standard InChI is InChI=1S/C15H20N2O4/c1-20-14(18)8-11-4-2-3-5-12(11)9-17-6-7-21-10-13(17)15(16)19/h2-5,13H,6-10H2,1H3,(H2,16,19). The molecule has 0 saturated carbocycles. The lowest BCUT2D eigenvalue weighted by Crippen LogP contribution is -2.51. The van der Waals surface area contributed by atoms with Crippen molar-refractivity contribution >= 4 is 11.9 Å². The molecule has 6 nitrogen and oxygen atoms in total. The molecular weight excluding hydrogens is 272 g/mol. The van der Waals surface area contributed by atoms with E-state index in [1.54, 1.807) is 0 Å². The normalized spacial score (nSPS) is 19.2. The average molecular weight is 292 g/mol. The van der Waals surface area contributed by atoms with Crippen molar-refractivity contribution in [2.75, 3.05) is 26.9 Å². The molecule has 1 atom stereocenters. The number of methoxy groups -OCH3 is 1. The van der Waals surface area contributed by atoms with E-state index >= 15 is 0 Å². The number of primary amides is 1. The zero-order valence-electron chi connectivity index (χ0n) is 12.1. The number of carbonyl (C=O) groups is 2. The van der Waals surface area contributed by atoms with Crippen molar-refractivity contribution in [3.05, 3.63) is 35.4 Å². The highest BCUT2D eigenvalue weighted by Gasteiger charge is 2.28. The smallest absolute Gasteiger partial charge is 0.309 e. The fraction of sp³-hybridized carbons (Fsp3) is 0.467. The van der Waals surface area contributed by atoms with Gasteiger partial charge in [0.05, 0.1) is 26.7 Å². The van der Waals surface area contributed by atoms with Crippen LogP contribution in [0.1, 0.15) is 11.1 Å². The van der Waals surface area contributed by atoms with Crippen LogP contribution < -0.4 is 5.73 Å². The monoisotopic (exact) mass is 292 g/mol. The van der Waals surface area contributed by atoms with Gasteiger partial charge in [0.1, 0.15) is 6.04 Å². The minimum atomic E-state index is -0.426. The Balaban J connectivity index is 2.14. The fourth-order valence-corrected chi connectivity index (χ4v) is 2.42. The molecule has 0 bridgehead atoms. The van der Waals surface area contributed by atoms with Crippen molar-refractivity contribution < 1.29 is 19.1 Å². The molecule has 114 valence electrons. The molecule has 0 aromatic heterocycles. The molecule has 2 rings (SSSR count). The van der Waals surface area contributed by atoms with Crippen LogP contribution in [-0.2, 0) is 32.0 Å². The number of esters is 1. The lowest BCUT2D eigenvalue weighted by Gasteiger charge is -2.33. The molecule has 21 heavy (non-hydrogen) atoms. The summed E-state index contributed by atoms with van der Waals surface area (Å²) in [5, 5.41) is 0. The Hall–Kier alpha value is -1.92. The van der Waals surface area contributed by atoms with Gasteiger partial charge in [0, 0.05) is 13.1 Å². The number of hydrogen-bond acceptors (Lipinski definition) is 5. The number of nitrogens with zero attached hydrogens (tertiary/aromatic N) is 1. The summed E-state index contributed by atoms with van der Waals surface area (Å²) >= 11 is 0. The van der Waals surface area contributed by atoms with Crippen molar-refractivity contribution in [2.45, 2.75) is 19.0 Å². The molecule has 1 fully saturated rings. The van der Waals surface area contributed by atoms with E-state index < -0.39 is 6.04 Å². The number of benzene rings is 1. The van der Waals surface area contributed by atoms with Gasteiger partial charge in [-0.2, -0.15) is 0 Å². The molecule has 1 unspecified atom stereocenters. The van der Waals surface area contributed by atoms with E-state index in [0.717, 1.165) is 11.1 Å². The van der Waals surface area contributed by atoms with E-state index in [1.165, 1.54) is 7.11 Å². The van der Waals surface area contributed by atoms with Crippen molar-refractivity contribution in [3.63, 3.8) is 0 Å². The number of hydrogen-bond donors (Lipinski definition) is 1. The van der Waals surface area contributed by atoms with Gasteiger partial charge >= 0.3 is 5.97 Å². The van der Waals surface area contributed by atoms with Gasteiger partial charge in [-0.1, -0.05) is 24.3 Å². The Morgan fingerprint density at radius 1 is 1.38 bits per heavy atom. The molecule has 0 radical (unpaired) electrons. The number of carbonyl (C=O) groups excluding carboxylic acids is 2. The minimum Gasteiger partial charge on any atom is -0.469 e. The van der Waals surface area contributed by atoms with Crippen LogP contribution >= 0.6 is 0 Å². The number of morpholine rings is 1. The highest BCUT2D eigenvalue weighted by atomic mass is 16.5. The lowest BCUT2D eigenvalue weighted by molar-refractivity contribution is -0.139. The third-order valence-corrected chi connectivity index (χ3v) is 3.62. The van der Waals surface area contributed by atoms with Crippen molar-refractivity contribution in [2.24, 2.45) is 5.73 Å². The first-order chi connectivity index (χ1) is 10.1. The number of amides is 1. The van der Waals surface area contributed by atoms with E-state index in [1.807, 2.05) is 29.2 Å². The second-order valence-corrected chi connectivity index (χ2v) is 4.99. The average Bonchev–Trinajstić information content (AvgIpc) is 2.49. The number of ether oxygens (including phenoxy) is 2. The van der Waals surface area contributed by atoms with Crippen LogP contribution in [0.2, 0.25) is 0 Å². The molecule has 6 heteroatoms. The van der Waals surface area contributed by atoms with Crippen LogP contribution in [0.3, 0.4) is 0 Å². The van der Waals surface area contributed by atoms with Gasteiger partial charge in [0.15, 0.2) is 0 Å². The predicted octanol–water partition coefficient (Wildman–Crippen LogP) is 0.0882. The first-order valence-corrected chi connectivity index (χ1v) is 6.86. The third-order valence-electron chi connectivity index (χ3n) is 3.62. The Morgan fingerprint density at radius 2 is 2.10 bits per heavy atom. The Kier molecular flexibility index (Phi) is 5.30. The summed E-state index contributed by atoms with van der Waals surface area (Å²) in [4.78, 5) is 24.9. The second kappa shape index (κ2) is 7.19. The summed E-state index contributed by atoms with van der Waals surface area (Å²) < 4.78 is 10.0. The Morgan fingerprint density at radius 3 is 2.76 bits per heavy atom. The van der Waals surface area contributed by atoms with Crippen LogP contribution in [0.5, 0.6) is 0 Å². The van der Waals surface area contributed by atoms with Crippen LogP contribution in [0, 0.1) is 0 Å².